The average molecular weight is 295 g/mol. The first-order chi connectivity index (χ1) is 9.92. The molecule has 0 aromatic heterocycles. The molecule has 0 spiro atoms. The summed E-state index contributed by atoms with van der Waals surface area (Å²) < 4.78 is 11.4. The molecule has 0 saturated heterocycles. The summed E-state index contributed by atoms with van der Waals surface area (Å²) in [6.07, 6.45) is 0. The van der Waals surface area contributed by atoms with Crippen LogP contribution in [0.25, 0.3) is 0 Å². The molecule has 0 saturated carbocycles. The first-order valence-electron chi connectivity index (χ1n) is 7.21. The molecule has 0 fully saturated rings. The Morgan fingerprint density at radius 3 is 2.57 bits per heavy atom. The Balaban J connectivity index is 2.79. The topological polar surface area (TPSA) is 59.0 Å². The molecule has 0 atom stereocenters. The van der Waals surface area contributed by atoms with Gasteiger partial charge in [0, 0.05) is 6.54 Å². The summed E-state index contributed by atoms with van der Waals surface area (Å²) in [5, 5.41) is 8.78. The van der Waals surface area contributed by atoms with E-state index in [1.54, 1.807) is 11.9 Å². The van der Waals surface area contributed by atoms with Crippen molar-refractivity contribution in [1.29, 1.82) is 0 Å². The standard InChI is InChI=1S/C16H25NO4/c1-5-20-15-8-13(9-17(4)10-16(18)19)6-7-14(15)21-11-12(2)3/h6-8,12H,5,9-11H2,1-4H3,(H,18,19). The third kappa shape index (κ3) is 6.49. The molecule has 0 bridgehead atoms. The Kier molecular flexibility index (Phi) is 7.02. The molecule has 0 aliphatic rings. The highest BCUT2D eigenvalue weighted by Gasteiger charge is 2.10. The number of carbonyl (C=O) groups is 1. The van der Waals surface area contributed by atoms with Crippen molar-refractivity contribution in [3.05, 3.63) is 23.8 Å². The van der Waals surface area contributed by atoms with Crippen LogP contribution in [0.1, 0.15) is 26.3 Å². The maximum absolute atomic E-state index is 10.7. The van der Waals surface area contributed by atoms with E-state index in [1.807, 2.05) is 25.1 Å². The normalized spacial score (nSPS) is 11.0. The van der Waals surface area contributed by atoms with Crippen LogP contribution in [0.15, 0.2) is 18.2 Å². The molecule has 118 valence electrons. The molecule has 21 heavy (non-hydrogen) atoms. The maximum Gasteiger partial charge on any atom is 0.317 e. The molecular formula is C16H25NO4. The SMILES string of the molecule is CCOc1cc(CN(C)CC(=O)O)ccc1OCC(C)C. The predicted octanol–water partition coefficient (Wildman–Crippen LogP) is 2.64. The zero-order valence-corrected chi connectivity index (χ0v) is 13.3. The Morgan fingerprint density at radius 1 is 1.29 bits per heavy atom. The van der Waals surface area contributed by atoms with Crippen molar-refractivity contribution in [3.8, 4) is 11.5 Å². The van der Waals surface area contributed by atoms with E-state index in [4.69, 9.17) is 14.6 Å². The van der Waals surface area contributed by atoms with Gasteiger partial charge in [-0.25, -0.2) is 0 Å². The van der Waals surface area contributed by atoms with Crippen LogP contribution < -0.4 is 9.47 Å². The van der Waals surface area contributed by atoms with Gasteiger partial charge in [-0.05, 0) is 37.6 Å². The first-order valence-corrected chi connectivity index (χ1v) is 7.21. The van der Waals surface area contributed by atoms with Gasteiger partial charge in [-0.1, -0.05) is 19.9 Å². The molecule has 0 aliphatic carbocycles. The zero-order valence-electron chi connectivity index (χ0n) is 13.3. The van der Waals surface area contributed by atoms with Crippen molar-refractivity contribution in [2.24, 2.45) is 5.92 Å². The molecular weight excluding hydrogens is 270 g/mol. The Morgan fingerprint density at radius 2 is 2.00 bits per heavy atom. The van der Waals surface area contributed by atoms with Gasteiger partial charge in [0.15, 0.2) is 11.5 Å². The zero-order chi connectivity index (χ0) is 15.8. The second-order valence-corrected chi connectivity index (χ2v) is 5.48. The smallest absolute Gasteiger partial charge is 0.317 e. The van der Waals surface area contributed by atoms with Gasteiger partial charge in [-0.3, -0.25) is 9.69 Å². The average Bonchev–Trinajstić information content (AvgIpc) is 2.37. The molecule has 0 heterocycles. The lowest BCUT2D eigenvalue weighted by atomic mass is 10.2. The molecule has 1 aromatic carbocycles. The highest BCUT2D eigenvalue weighted by Crippen LogP contribution is 2.29. The maximum atomic E-state index is 10.7. The predicted molar refractivity (Wildman–Crippen MR) is 81.9 cm³/mol. The first kappa shape index (κ1) is 17.3. The van der Waals surface area contributed by atoms with Gasteiger partial charge >= 0.3 is 5.97 Å². The van der Waals surface area contributed by atoms with E-state index in [2.05, 4.69) is 13.8 Å². The fourth-order valence-electron chi connectivity index (χ4n) is 1.89. The van der Waals surface area contributed by atoms with E-state index >= 15 is 0 Å². The highest BCUT2D eigenvalue weighted by atomic mass is 16.5. The van der Waals surface area contributed by atoms with Crippen molar-refractivity contribution >= 4 is 5.97 Å². The number of carboxylic acids is 1. The molecule has 1 rings (SSSR count). The monoisotopic (exact) mass is 295 g/mol. The van der Waals surface area contributed by atoms with Crippen LogP contribution in [0.5, 0.6) is 11.5 Å². The van der Waals surface area contributed by atoms with Crippen LogP contribution in [0.3, 0.4) is 0 Å². The quantitative estimate of drug-likeness (QED) is 0.759. The van der Waals surface area contributed by atoms with Crippen molar-refractivity contribution in [2.75, 3.05) is 26.8 Å². The van der Waals surface area contributed by atoms with Gasteiger partial charge < -0.3 is 14.6 Å². The third-order valence-electron chi connectivity index (χ3n) is 2.74. The number of benzene rings is 1. The summed E-state index contributed by atoms with van der Waals surface area (Å²) in [6, 6.07) is 5.74. The second-order valence-electron chi connectivity index (χ2n) is 5.48. The lowest BCUT2D eigenvalue weighted by Gasteiger charge is -2.17. The Hall–Kier alpha value is -1.75. The van der Waals surface area contributed by atoms with Crippen LogP contribution in [0.4, 0.5) is 0 Å². The van der Waals surface area contributed by atoms with Crippen LogP contribution in [-0.4, -0.2) is 42.8 Å². The lowest BCUT2D eigenvalue weighted by molar-refractivity contribution is -0.138. The molecule has 5 nitrogen and oxygen atoms in total. The summed E-state index contributed by atoms with van der Waals surface area (Å²) in [5.41, 5.74) is 0.999. The van der Waals surface area contributed by atoms with Crippen molar-refractivity contribution in [1.82, 2.24) is 4.90 Å². The van der Waals surface area contributed by atoms with Crippen LogP contribution in [0, 0.1) is 5.92 Å². The fourth-order valence-corrected chi connectivity index (χ4v) is 1.89. The molecule has 5 heteroatoms. The Labute approximate surface area is 126 Å². The van der Waals surface area contributed by atoms with E-state index in [9.17, 15) is 4.79 Å². The summed E-state index contributed by atoms with van der Waals surface area (Å²) in [7, 11) is 1.78. The molecule has 0 unspecified atom stereocenters. The number of likely N-dealkylation sites (N-methyl/N-ethyl adjacent to an activating group) is 1. The van der Waals surface area contributed by atoms with Crippen molar-refractivity contribution in [3.63, 3.8) is 0 Å². The minimum Gasteiger partial charge on any atom is -0.490 e. The second kappa shape index (κ2) is 8.52. The van der Waals surface area contributed by atoms with Gasteiger partial charge in [0.05, 0.1) is 19.8 Å². The van der Waals surface area contributed by atoms with E-state index in [0.717, 1.165) is 11.3 Å². The largest absolute Gasteiger partial charge is 0.490 e. The number of hydrogen-bond donors (Lipinski definition) is 1. The van der Waals surface area contributed by atoms with E-state index in [0.29, 0.717) is 31.4 Å². The number of rotatable bonds is 9. The summed E-state index contributed by atoms with van der Waals surface area (Å²) in [6.45, 7) is 7.87. The summed E-state index contributed by atoms with van der Waals surface area (Å²) >= 11 is 0. The Bertz CT molecular complexity index is 460. The fraction of sp³-hybridized carbons (Fsp3) is 0.562. The van der Waals surface area contributed by atoms with Crippen LogP contribution in [0.2, 0.25) is 0 Å². The molecule has 1 N–H and O–H groups in total. The van der Waals surface area contributed by atoms with E-state index in [1.165, 1.54) is 0 Å². The van der Waals surface area contributed by atoms with Gasteiger partial charge in [0.2, 0.25) is 0 Å². The molecule has 0 aliphatic heterocycles. The molecule has 1 aromatic rings. The van der Waals surface area contributed by atoms with Gasteiger partial charge in [0.25, 0.3) is 0 Å². The van der Waals surface area contributed by atoms with Gasteiger partial charge in [0.1, 0.15) is 0 Å². The number of hydrogen-bond acceptors (Lipinski definition) is 4. The van der Waals surface area contributed by atoms with E-state index < -0.39 is 5.97 Å². The minimum absolute atomic E-state index is 0.00949. The number of ether oxygens (including phenoxy) is 2. The molecule has 0 radical (unpaired) electrons. The van der Waals surface area contributed by atoms with Crippen LogP contribution >= 0.6 is 0 Å². The number of aliphatic carboxylic acids is 1. The van der Waals surface area contributed by atoms with Gasteiger partial charge in [-0.15, -0.1) is 0 Å². The molecule has 0 amide bonds. The van der Waals surface area contributed by atoms with Gasteiger partial charge in [-0.2, -0.15) is 0 Å². The number of carboxylic acid groups (broad SMARTS) is 1. The van der Waals surface area contributed by atoms with Crippen molar-refractivity contribution in [2.45, 2.75) is 27.3 Å². The van der Waals surface area contributed by atoms with Crippen molar-refractivity contribution < 1.29 is 19.4 Å². The van der Waals surface area contributed by atoms with Crippen LogP contribution in [-0.2, 0) is 11.3 Å². The lowest BCUT2D eigenvalue weighted by Crippen LogP contribution is -2.25. The summed E-state index contributed by atoms with van der Waals surface area (Å²) in [5.74, 6) is 1.05. The minimum atomic E-state index is -0.834. The van der Waals surface area contributed by atoms with E-state index in [-0.39, 0.29) is 6.54 Å². The highest BCUT2D eigenvalue weighted by molar-refractivity contribution is 5.69. The third-order valence-corrected chi connectivity index (χ3v) is 2.74. The number of nitrogens with zero attached hydrogens (tertiary/aromatic N) is 1. The summed E-state index contributed by atoms with van der Waals surface area (Å²) in [4.78, 5) is 12.4.